The summed E-state index contributed by atoms with van der Waals surface area (Å²) in [7, 11) is -3.09. The van der Waals surface area contributed by atoms with Gasteiger partial charge in [-0.05, 0) is 13.0 Å². The maximum Gasteiger partial charge on any atom is 0.208 e. The molecule has 0 amide bonds. The van der Waals surface area contributed by atoms with Crippen LogP contribution in [0.3, 0.4) is 0 Å². The Morgan fingerprint density at radius 2 is 1.93 bits per heavy atom. The van der Waals surface area contributed by atoms with Crippen molar-refractivity contribution >= 4 is 10.0 Å². The van der Waals surface area contributed by atoms with Crippen LogP contribution in [0, 0.1) is 0 Å². The molecule has 0 spiro atoms. The minimum absolute atomic E-state index is 0.110. The zero-order valence-electron chi connectivity index (χ0n) is 8.86. The van der Waals surface area contributed by atoms with Gasteiger partial charge in [0, 0.05) is 19.6 Å². The van der Waals surface area contributed by atoms with Crippen LogP contribution >= 0.6 is 0 Å². The zero-order chi connectivity index (χ0) is 11.0. The Labute approximate surface area is 86.2 Å². The molecule has 0 atom stereocenters. The number of hydrogen-bond acceptors (Lipinski definition) is 4. The van der Waals surface area contributed by atoms with Gasteiger partial charge in [0.25, 0.3) is 0 Å². The van der Waals surface area contributed by atoms with Gasteiger partial charge in [-0.25, -0.2) is 13.1 Å². The molecule has 0 unspecified atom stereocenters. The van der Waals surface area contributed by atoms with Crippen LogP contribution in [0.2, 0.25) is 0 Å². The van der Waals surface area contributed by atoms with Gasteiger partial charge < -0.3 is 5.11 Å². The van der Waals surface area contributed by atoms with Gasteiger partial charge >= 0.3 is 0 Å². The minimum atomic E-state index is -3.09. The molecule has 2 N–H and O–H groups in total. The van der Waals surface area contributed by atoms with Crippen LogP contribution < -0.4 is 4.72 Å². The fraction of sp³-hybridized carbons (Fsp3) is 1.00. The lowest BCUT2D eigenvalue weighted by atomic mass is 10.4. The van der Waals surface area contributed by atoms with Crippen LogP contribution in [0.25, 0.3) is 0 Å². The van der Waals surface area contributed by atoms with E-state index in [2.05, 4.69) is 4.72 Å². The summed E-state index contributed by atoms with van der Waals surface area (Å²) >= 11 is 0. The molecule has 0 aromatic heterocycles. The summed E-state index contributed by atoms with van der Waals surface area (Å²) < 4.78 is 23.9. The lowest BCUT2D eigenvalue weighted by Gasteiger charge is -2.20. The third-order valence-electron chi connectivity index (χ3n) is 1.75. The van der Waals surface area contributed by atoms with Crippen LogP contribution in [-0.2, 0) is 10.0 Å². The molecule has 14 heavy (non-hydrogen) atoms. The third kappa shape index (κ3) is 8.43. The fourth-order valence-corrected chi connectivity index (χ4v) is 1.64. The van der Waals surface area contributed by atoms with Crippen molar-refractivity contribution in [3.8, 4) is 0 Å². The van der Waals surface area contributed by atoms with Crippen molar-refractivity contribution in [2.24, 2.45) is 0 Å². The van der Waals surface area contributed by atoms with Crippen LogP contribution in [0.4, 0.5) is 0 Å². The van der Waals surface area contributed by atoms with Crippen LogP contribution in [0.15, 0.2) is 0 Å². The molecule has 0 aliphatic carbocycles. The van der Waals surface area contributed by atoms with E-state index in [4.69, 9.17) is 5.11 Å². The number of nitrogens with zero attached hydrogens (tertiary/aromatic N) is 1. The van der Waals surface area contributed by atoms with Crippen LogP contribution in [0.1, 0.15) is 13.3 Å². The summed E-state index contributed by atoms with van der Waals surface area (Å²) in [6.07, 6.45) is 2.14. The van der Waals surface area contributed by atoms with Crippen LogP contribution in [-0.4, -0.2) is 57.5 Å². The predicted molar refractivity (Wildman–Crippen MR) is 56.7 cm³/mol. The van der Waals surface area contributed by atoms with E-state index in [1.807, 2.05) is 11.8 Å². The molecule has 0 bridgehead atoms. The fourth-order valence-electron chi connectivity index (χ4n) is 1.18. The molecule has 0 aliphatic heterocycles. The van der Waals surface area contributed by atoms with Crippen molar-refractivity contribution in [1.29, 1.82) is 0 Å². The molecule has 5 nitrogen and oxygen atoms in total. The van der Waals surface area contributed by atoms with Gasteiger partial charge in [-0.1, -0.05) is 6.92 Å². The Hall–Kier alpha value is -0.170. The molecule has 0 aliphatic rings. The van der Waals surface area contributed by atoms with E-state index in [0.717, 1.165) is 19.2 Å². The largest absolute Gasteiger partial charge is 0.395 e. The number of sulfonamides is 1. The molecule has 0 saturated carbocycles. The molecule has 0 rings (SSSR count). The van der Waals surface area contributed by atoms with E-state index in [-0.39, 0.29) is 6.61 Å². The topological polar surface area (TPSA) is 69.6 Å². The highest BCUT2D eigenvalue weighted by molar-refractivity contribution is 7.88. The van der Waals surface area contributed by atoms with Gasteiger partial charge in [0.15, 0.2) is 0 Å². The summed E-state index contributed by atoms with van der Waals surface area (Å²) in [4.78, 5) is 2.03. The first-order valence-electron chi connectivity index (χ1n) is 4.77. The van der Waals surface area contributed by atoms with E-state index in [1.165, 1.54) is 0 Å². The number of hydrogen-bond donors (Lipinski definition) is 2. The third-order valence-corrected chi connectivity index (χ3v) is 2.48. The smallest absolute Gasteiger partial charge is 0.208 e. The first-order chi connectivity index (χ1) is 6.49. The minimum Gasteiger partial charge on any atom is -0.395 e. The van der Waals surface area contributed by atoms with E-state index in [1.54, 1.807) is 0 Å². The van der Waals surface area contributed by atoms with Crippen molar-refractivity contribution < 1.29 is 13.5 Å². The van der Waals surface area contributed by atoms with Crippen molar-refractivity contribution in [2.45, 2.75) is 13.3 Å². The average molecular weight is 224 g/mol. The maximum atomic E-state index is 10.7. The zero-order valence-corrected chi connectivity index (χ0v) is 9.68. The normalized spacial score (nSPS) is 12.3. The van der Waals surface area contributed by atoms with Gasteiger partial charge in [-0.15, -0.1) is 0 Å². The summed E-state index contributed by atoms with van der Waals surface area (Å²) in [6.45, 7) is 4.68. The standard InChI is InChI=1S/C8H20N2O3S/c1-3-5-10(7-8-11)6-4-9-14(2,12)13/h9,11H,3-8H2,1-2H3. The predicted octanol–water partition coefficient (Wildman–Crippen LogP) is -0.760. The molecule has 0 aromatic rings. The maximum absolute atomic E-state index is 10.7. The quantitative estimate of drug-likeness (QED) is 0.568. The lowest BCUT2D eigenvalue weighted by molar-refractivity contribution is 0.198. The Kier molecular flexibility index (Phi) is 7.08. The SMILES string of the molecule is CCCN(CCO)CCNS(C)(=O)=O. The van der Waals surface area contributed by atoms with E-state index >= 15 is 0 Å². The molecule has 6 heteroatoms. The Bertz CT molecular complexity index is 223. The molecule has 86 valence electrons. The highest BCUT2D eigenvalue weighted by Gasteiger charge is 2.04. The van der Waals surface area contributed by atoms with E-state index in [0.29, 0.717) is 19.6 Å². The molecule has 0 saturated heterocycles. The molecule has 0 aromatic carbocycles. The van der Waals surface area contributed by atoms with Gasteiger partial charge in [-0.3, -0.25) is 4.90 Å². The second-order valence-corrected chi connectivity index (χ2v) is 5.06. The molecular weight excluding hydrogens is 204 g/mol. The van der Waals surface area contributed by atoms with Gasteiger partial charge in [0.2, 0.25) is 10.0 Å². The number of rotatable bonds is 8. The number of aliphatic hydroxyl groups is 1. The summed E-state index contributed by atoms with van der Waals surface area (Å²) in [5, 5.41) is 8.74. The Balaban J connectivity index is 3.70. The first-order valence-corrected chi connectivity index (χ1v) is 6.66. The highest BCUT2D eigenvalue weighted by Crippen LogP contribution is 1.89. The molecule has 0 fully saturated rings. The highest BCUT2D eigenvalue weighted by atomic mass is 32.2. The lowest BCUT2D eigenvalue weighted by Crippen LogP contribution is -2.36. The average Bonchev–Trinajstić information content (AvgIpc) is 2.02. The Morgan fingerprint density at radius 1 is 1.29 bits per heavy atom. The summed E-state index contributed by atoms with van der Waals surface area (Å²) in [5.74, 6) is 0. The van der Waals surface area contributed by atoms with E-state index in [9.17, 15) is 8.42 Å². The second-order valence-electron chi connectivity index (χ2n) is 3.23. The van der Waals surface area contributed by atoms with Gasteiger partial charge in [0.1, 0.15) is 0 Å². The molecule has 0 heterocycles. The van der Waals surface area contributed by atoms with Gasteiger partial charge in [0.05, 0.1) is 12.9 Å². The van der Waals surface area contributed by atoms with Crippen molar-refractivity contribution in [3.05, 3.63) is 0 Å². The molecular formula is C8H20N2O3S. The first kappa shape index (κ1) is 13.8. The summed E-state index contributed by atoms with van der Waals surface area (Å²) in [6, 6.07) is 0. The Morgan fingerprint density at radius 3 is 2.36 bits per heavy atom. The van der Waals surface area contributed by atoms with Crippen LogP contribution in [0.5, 0.6) is 0 Å². The monoisotopic (exact) mass is 224 g/mol. The summed E-state index contributed by atoms with van der Waals surface area (Å²) in [5.41, 5.74) is 0. The van der Waals surface area contributed by atoms with Crippen molar-refractivity contribution in [2.75, 3.05) is 39.0 Å². The number of nitrogens with one attached hydrogen (secondary N) is 1. The second kappa shape index (κ2) is 7.17. The van der Waals surface area contributed by atoms with Crippen molar-refractivity contribution in [3.63, 3.8) is 0 Å². The molecule has 0 radical (unpaired) electrons. The van der Waals surface area contributed by atoms with Crippen molar-refractivity contribution in [1.82, 2.24) is 9.62 Å². The number of aliphatic hydroxyl groups excluding tert-OH is 1. The van der Waals surface area contributed by atoms with E-state index < -0.39 is 10.0 Å². The van der Waals surface area contributed by atoms with Gasteiger partial charge in [-0.2, -0.15) is 0 Å².